The summed E-state index contributed by atoms with van der Waals surface area (Å²) in [5, 5.41) is 8.28. The lowest BCUT2D eigenvalue weighted by molar-refractivity contribution is -0.139. The molecular formula is C15H22O6. The number of aliphatic carboxylic acids is 1. The number of carboxylic acids is 1. The second-order valence-corrected chi connectivity index (χ2v) is 4.02. The van der Waals surface area contributed by atoms with E-state index in [0.717, 1.165) is 25.2 Å². The van der Waals surface area contributed by atoms with Crippen molar-refractivity contribution in [3.8, 4) is 0 Å². The van der Waals surface area contributed by atoms with Gasteiger partial charge in [0, 0.05) is 11.6 Å². The number of rotatable bonds is 7. The highest BCUT2D eigenvalue weighted by molar-refractivity contribution is 5.87. The number of carbonyl (C=O) groups excluding carboxylic acids is 2. The van der Waals surface area contributed by atoms with E-state index in [1.54, 1.807) is 6.92 Å². The second kappa shape index (κ2) is 12.7. The monoisotopic (exact) mass is 298 g/mol. The Kier molecular flexibility index (Phi) is 12.6. The van der Waals surface area contributed by atoms with Crippen molar-refractivity contribution in [3.63, 3.8) is 0 Å². The van der Waals surface area contributed by atoms with Gasteiger partial charge in [-0.2, -0.15) is 0 Å². The summed E-state index contributed by atoms with van der Waals surface area (Å²) in [6.45, 7) is 12.1. The molecular weight excluding hydrogens is 276 g/mol. The lowest BCUT2D eigenvalue weighted by atomic mass is 10.3. The van der Waals surface area contributed by atoms with Gasteiger partial charge in [0.1, 0.15) is 6.26 Å². The van der Waals surface area contributed by atoms with Gasteiger partial charge in [0.05, 0.1) is 12.2 Å². The summed E-state index contributed by atoms with van der Waals surface area (Å²) < 4.78 is 9.12. The van der Waals surface area contributed by atoms with Crippen LogP contribution in [-0.4, -0.2) is 29.6 Å². The molecule has 21 heavy (non-hydrogen) atoms. The van der Waals surface area contributed by atoms with Gasteiger partial charge < -0.3 is 14.6 Å². The molecule has 6 nitrogen and oxygen atoms in total. The van der Waals surface area contributed by atoms with E-state index in [0.29, 0.717) is 12.2 Å². The Balaban J connectivity index is 0. The smallest absolute Gasteiger partial charge is 0.334 e. The average Bonchev–Trinajstić information content (AvgIpc) is 2.44. The van der Waals surface area contributed by atoms with Crippen LogP contribution < -0.4 is 0 Å². The van der Waals surface area contributed by atoms with Gasteiger partial charge >= 0.3 is 17.9 Å². The van der Waals surface area contributed by atoms with E-state index in [9.17, 15) is 14.4 Å². The van der Waals surface area contributed by atoms with Crippen LogP contribution >= 0.6 is 0 Å². The molecule has 0 aliphatic carbocycles. The van der Waals surface area contributed by atoms with Gasteiger partial charge in [-0.3, -0.25) is 0 Å². The van der Waals surface area contributed by atoms with Gasteiger partial charge in [0.2, 0.25) is 0 Å². The molecule has 0 atom stereocenters. The largest absolute Gasteiger partial charge is 0.478 e. The Morgan fingerprint density at radius 1 is 1.24 bits per heavy atom. The van der Waals surface area contributed by atoms with Gasteiger partial charge in [-0.25, -0.2) is 14.4 Å². The van der Waals surface area contributed by atoms with Crippen molar-refractivity contribution >= 4 is 17.9 Å². The fourth-order valence-electron chi connectivity index (χ4n) is 0.677. The summed E-state index contributed by atoms with van der Waals surface area (Å²) in [7, 11) is 0. The minimum Gasteiger partial charge on any atom is -0.478 e. The Hall–Kier alpha value is -2.37. The topological polar surface area (TPSA) is 89.9 Å². The Morgan fingerprint density at radius 3 is 2.19 bits per heavy atom. The van der Waals surface area contributed by atoms with E-state index in [4.69, 9.17) is 9.84 Å². The lowest BCUT2D eigenvalue weighted by Crippen LogP contribution is -2.05. The summed E-state index contributed by atoms with van der Waals surface area (Å²) in [6, 6.07) is 0. The fraction of sp³-hybridized carbons (Fsp3) is 0.400. The molecule has 0 heterocycles. The van der Waals surface area contributed by atoms with E-state index < -0.39 is 11.9 Å². The second-order valence-electron chi connectivity index (χ2n) is 4.02. The normalized spacial score (nSPS) is 9.76. The van der Waals surface area contributed by atoms with Crippen LogP contribution in [0.5, 0.6) is 0 Å². The van der Waals surface area contributed by atoms with Crippen molar-refractivity contribution in [3.05, 3.63) is 36.6 Å². The van der Waals surface area contributed by atoms with E-state index in [1.807, 2.05) is 0 Å². The number of carboxylic acid groups (broad SMARTS) is 1. The zero-order valence-corrected chi connectivity index (χ0v) is 12.7. The van der Waals surface area contributed by atoms with E-state index >= 15 is 0 Å². The van der Waals surface area contributed by atoms with Crippen LogP contribution in [0.4, 0.5) is 0 Å². The number of hydrogen-bond acceptors (Lipinski definition) is 5. The Labute approximate surface area is 124 Å². The highest BCUT2D eigenvalue weighted by Crippen LogP contribution is 1.94. The number of esters is 2. The van der Waals surface area contributed by atoms with Crippen LogP contribution in [0.3, 0.4) is 0 Å². The van der Waals surface area contributed by atoms with Crippen LogP contribution in [-0.2, 0) is 23.9 Å². The SMILES string of the molecule is C=C(C)C(=O)OCCCC.C=CC(=O)OC=C(C)C(=O)O. The first-order valence-electron chi connectivity index (χ1n) is 6.31. The molecule has 0 fully saturated rings. The number of unbranched alkanes of at least 4 members (excludes halogenated alkanes) is 1. The van der Waals surface area contributed by atoms with Gasteiger partial charge in [-0.05, 0) is 20.3 Å². The summed E-state index contributed by atoms with van der Waals surface area (Å²) in [5.74, 6) is -2.08. The van der Waals surface area contributed by atoms with E-state index in [-0.39, 0.29) is 11.5 Å². The molecule has 0 amide bonds. The summed E-state index contributed by atoms with van der Waals surface area (Å²) in [6.07, 6.45) is 3.79. The van der Waals surface area contributed by atoms with Crippen molar-refractivity contribution in [2.45, 2.75) is 33.6 Å². The molecule has 0 saturated carbocycles. The quantitative estimate of drug-likeness (QED) is 0.336. The third kappa shape index (κ3) is 13.9. The molecule has 0 aromatic carbocycles. The molecule has 6 heteroatoms. The number of carbonyl (C=O) groups is 3. The lowest BCUT2D eigenvalue weighted by Gasteiger charge is -2.01. The first-order valence-corrected chi connectivity index (χ1v) is 6.31. The zero-order chi connectivity index (χ0) is 16.8. The maximum absolute atomic E-state index is 10.7. The van der Waals surface area contributed by atoms with Gasteiger partial charge in [-0.15, -0.1) is 0 Å². The molecule has 0 aliphatic heterocycles. The van der Waals surface area contributed by atoms with E-state index in [1.165, 1.54) is 6.92 Å². The van der Waals surface area contributed by atoms with Crippen molar-refractivity contribution in [2.24, 2.45) is 0 Å². The molecule has 1 N–H and O–H groups in total. The predicted octanol–water partition coefficient (Wildman–Crippen LogP) is 2.61. The third-order valence-electron chi connectivity index (χ3n) is 1.94. The molecule has 0 aliphatic rings. The summed E-state index contributed by atoms with van der Waals surface area (Å²) >= 11 is 0. The minimum atomic E-state index is -1.12. The standard InChI is InChI=1S/C8H14O2.C7H8O4/c1-4-5-6-10-8(9)7(2)3;1-3-6(8)11-4-5(2)7(9)10/h2,4-6H2,1,3H3;3-4H,1H2,2H3,(H,9,10). The molecule has 0 radical (unpaired) electrons. The molecule has 0 spiro atoms. The maximum Gasteiger partial charge on any atom is 0.334 e. The summed E-state index contributed by atoms with van der Waals surface area (Å²) in [4.78, 5) is 31.2. The predicted molar refractivity (Wildman–Crippen MR) is 78.4 cm³/mol. The third-order valence-corrected chi connectivity index (χ3v) is 1.94. The van der Waals surface area contributed by atoms with Crippen molar-refractivity contribution in [1.82, 2.24) is 0 Å². The van der Waals surface area contributed by atoms with Crippen LogP contribution in [0.25, 0.3) is 0 Å². The molecule has 0 bridgehead atoms. The average molecular weight is 298 g/mol. The van der Waals surface area contributed by atoms with Crippen molar-refractivity contribution in [2.75, 3.05) is 6.61 Å². The number of ether oxygens (including phenoxy) is 2. The van der Waals surface area contributed by atoms with Gasteiger partial charge in [-0.1, -0.05) is 26.5 Å². The van der Waals surface area contributed by atoms with Crippen LogP contribution in [0.15, 0.2) is 36.6 Å². The Bertz CT molecular complexity index is 420. The highest BCUT2D eigenvalue weighted by atomic mass is 16.5. The number of hydrogen-bond donors (Lipinski definition) is 1. The molecule has 0 aromatic rings. The van der Waals surface area contributed by atoms with Crippen LogP contribution in [0.2, 0.25) is 0 Å². The summed E-state index contributed by atoms with van der Waals surface area (Å²) in [5.41, 5.74) is 0.427. The highest BCUT2D eigenvalue weighted by Gasteiger charge is 2.01. The van der Waals surface area contributed by atoms with Crippen molar-refractivity contribution < 1.29 is 29.0 Å². The molecule has 0 aromatic heterocycles. The van der Waals surface area contributed by atoms with Crippen molar-refractivity contribution in [1.29, 1.82) is 0 Å². The molecule has 118 valence electrons. The first-order chi connectivity index (χ1) is 9.76. The fourth-order valence-corrected chi connectivity index (χ4v) is 0.677. The molecule has 0 saturated heterocycles. The van der Waals surface area contributed by atoms with Gasteiger partial charge in [0.15, 0.2) is 0 Å². The molecule has 0 unspecified atom stereocenters. The minimum absolute atomic E-state index is 0.0415. The first kappa shape index (κ1) is 20.9. The van der Waals surface area contributed by atoms with Crippen LogP contribution in [0, 0.1) is 0 Å². The maximum atomic E-state index is 10.7. The zero-order valence-electron chi connectivity index (χ0n) is 12.7. The Morgan fingerprint density at radius 2 is 1.81 bits per heavy atom. The van der Waals surface area contributed by atoms with E-state index in [2.05, 4.69) is 24.8 Å². The van der Waals surface area contributed by atoms with Crippen LogP contribution in [0.1, 0.15) is 33.6 Å². The molecule has 0 rings (SSSR count). The van der Waals surface area contributed by atoms with Gasteiger partial charge in [0.25, 0.3) is 0 Å².